The van der Waals surface area contributed by atoms with Crippen molar-refractivity contribution in [2.75, 3.05) is 26.4 Å². The summed E-state index contributed by atoms with van der Waals surface area (Å²) in [5, 5.41) is 3.64. The number of ether oxygens (including phenoxy) is 2. The topological polar surface area (TPSA) is 48.3 Å². The van der Waals surface area contributed by atoms with Gasteiger partial charge in [-0.25, -0.2) is 4.98 Å². The average Bonchev–Trinajstić information content (AvgIpc) is 2.92. The van der Waals surface area contributed by atoms with Crippen molar-refractivity contribution < 1.29 is 9.47 Å². The molecule has 3 heterocycles. The standard InChI is InChI=1S/C16H27N3O2/c1-3-17-15(14-11-19(2)12-18-14)13-4-7-21-16(10-13)5-8-20-9-6-16/h11-13,15,17H,3-10H2,1-2H3. The lowest BCUT2D eigenvalue weighted by Crippen LogP contribution is -2.47. The molecule has 2 aliphatic heterocycles. The number of hydrogen-bond acceptors (Lipinski definition) is 4. The maximum absolute atomic E-state index is 6.17. The fraction of sp³-hybridized carbons (Fsp3) is 0.812. The molecule has 0 aromatic carbocycles. The molecule has 1 aromatic rings. The molecule has 0 amide bonds. The normalized spacial score (nSPS) is 26.9. The summed E-state index contributed by atoms with van der Waals surface area (Å²) < 4.78 is 13.7. The zero-order chi connectivity index (χ0) is 14.7. The molecule has 0 radical (unpaired) electrons. The van der Waals surface area contributed by atoms with E-state index in [1.807, 2.05) is 17.9 Å². The predicted molar refractivity (Wildman–Crippen MR) is 81.1 cm³/mol. The molecule has 1 N–H and O–H groups in total. The summed E-state index contributed by atoms with van der Waals surface area (Å²) in [5.74, 6) is 0.590. The monoisotopic (exact) mass is 293 g/mol. The molecule has 2 fully saturated rings. The first kappa shape index (κ1) is 15.0. The summed E-state index contributed by atoms with van der Waals surface area (Å²) in [5.41, 5.74) is 1.21. The number of hydrogen-bond donors (Lipinski definition) is 1. The van der Waals surface area contributed by atoms with E-state index < -0.39 is 0 Å². The average molecular weight is 293 g/mol. The summed E-state index contributed by atoms with van der Waals surface area (Å²) in [4.78, 5) is 4.58. The van der Waals surface area contributed by atoms with Crippen LogP contribution in [0.15, 0.2) is 12.5 Å². The third-order valence-corrected chi connectivity index (χ3v) is 4.87. The van der Waals surface area contributed by atoms with Crippen LogP contribution in [0.25, 0.3) is 0 Å². The van der Waals surface area contributed by atoms with E-state index in [1.165, 1.54) is 0 Å². The Labute approximate surface area is 127 Å². The Balaban J connectivity index is 1.75. The molecule has 1 aromatic heterocycles. The Bertz CT molecular complexity index is 449. The van der Waals surface area contributed by atoms with Crippen LogP contribution in [0, 0.1) is 5.92 Å². The molecule has 0 aliphatic carbocycles. The van der Waals surface area contributed by atoms with Crippen molar-refractivity contribution in [1.82, 2.24) is 14.9 Å². The number of nitrogens with zero attached hydrogens (tertiary/aromatic N) is 2. The zero-order valence-electron chi connectivity index (χ0n) is 13.2. The van der Waals surface area contributed by atoms with Crippen molar-refractivity contribution in [2.45, 2.75) is 44.2 Å². The van der Waals surface area contributed by atoms with Crippen LogP contribution in [0.5, 0.6) is 0 Å². The van der Waals surface area contributed by atoms with Gasteiger partial charge in [0.05, 0.1) is 23.7 Å². The van der Waals surface area contributed by atoms with Gasteiger partial charge >= 0.3 is 0 Å². The van der Waals surface area contributed by atoms with Gasteiger partial charge in [-0.3, -0.25) is 0 Å². The molecule has 118 valence electrons. The second-order valence-corrected chi connectivity index (χ2v) is 6.40. The molecule has 3 rings (SSSR count). The third-order valence-electron chi connectivity index (χ3n) is 4.87. The zero-order valence-corrected chi connectivity index (χ0v) is 13.2. The Hall–Kier alpha value is -0.910. The fourth-order valence-electron chi connectivity index (χ4n) is 3.77. The van der Waals surface area contributed by atoms with E-state index >= 15 is 0 Å². The molecule has 5 heteroatoms. The second-order valence-electron chi connectivity index (χ2n) is 6.40. The van der Waals surface area contributed by atoms with Crippen molar-refractivity contribution in [2.24, 2.45) is 13.0 Å². The van der Waals surface area contributed by atoms with Gasteiger partial charge in [0.1, 0.15) is 0 Å². The Morgan fingerprint density at radius 3 is 2.90 bits per heavy atom. The summed E-state index contributed by atoms with van der Waals surface area (Å²) >= 11 is 0. The van der Waals surface area contributed by atoms with E-state index in [1.54, 1.807) is 0 Å². The molecule has 2 atom stereocenters. The molecular formula is C16H27N3O2. The first-order valence-electron chi connectivity index (χ1n) is 8.15. The van der Waals surface area contributed by atoms with Gasteiger partial charge in [0.2, 0.25) is 0 Å². The second kappa shape index (κ2) is 6.46. The van der Waals surface area contributed by atoms with Crippen molar-refractivity contribution >= 4 is 0 Å². The highest BCUT2D eigenvalue weighted by molar-refractivity contribution is 5.07. The molecule has 5 nitrogen and oxygen atoms in total. The maximum atomic E-state index is 6.17. The highest BCUT2D eigenvalue weighted by Crippen LogP contribution is 2.41. The molecule has 0 bridgehead atoms. The van der Waals surface area contributed by atoms with E-state index in [-0.39, 0.29) is 5.60 Å². The molecule has 21 heavy (non-hydrogen) atoms. The smallest absolute Gasteiger partial charge is 0.0947 e. The summed E-state index contributed by atoms with van der Waals surface area (Å²) in [6.45, 7) is 5.66. The predicted octanol–water partition coefficient (Wildman–Crippen LogP) is 2.05. The molecule has 2 unspecified atom stereocenters. The summed E-state index contributed by atoms with van der Waals surface area (Å²) in [7, 11) is 2.03. The van der Waals surface area contributed by atoms with Gasteiger partial charge in [-0.05, 0) is 38.1 Å². The Kier molecular flexibility index (Phi) is 4.62. The minimum Gasteiger partial charge on any atom is -0.381 e. The first-order valence-corrected chi connectivity index (χ1v) is 8.15. The van der Waals surface area contributed by atoms with Crippen molar-refractivity contribution in [3.8, 4) is 0 Å². The highest BCUT2D eigenvalue weighted by atomic mass is 16.5. The summed E-state index contributed by atoms with van der Waals surface area (Å²) in [6.07, 6.45) is 8.32. The minimum atomic E-state index is 0.0453. The van der Waals surface area contributed by atoms with Crippen molar-refractivity contribution in [1.29, 1.82) is 0 Å². The molecule has 0 saturated carbocycles. The number of aryl methyl sites for hydroxylation is 1. The van der Waals surface area contributed by atoms with E-state index in [4.69, 9.17) is 9.47 Å². The van der Waals surface area contributed by atoms with E-state index in [9.17, 15) is 0 Å². The number of imidazole rings is 1. The van der Waals surface area contributed by atoms with Gasteiger partial charge in [0.25, 0.3) is 0 Å². The maximum Gasteiger partial charge on any atom is 0.0947 e. The lowest BCUT2D eigenvalue weighted by molar-refractivity contribution is -0.150. The molecule has 2 aliphatic rings. The van der Waals surface area contributed by atoms with E-state index in [0.717, 1.165) is 57.7 Å². The Morgan fingerprint density at radius 2 is 2.24 bits per heavy atom. The highest BCUT2D eigenvalue weighted by Gasteiger charge is 2.41. The van der Waals surface area contributed by atoms with E-state index in [2.05, 4.69) is 23.4 Å². The van der Waals surface area contributed by atoms with Crippen LogP contribution in [-0.2, 0) is 16.5 Å². The van der Waals surface area contributed by atoms with Crippen LogP contribution in [0.1, 0.15) is 44.3 Å². The minimum absolute atomic E-state index is 0.0453. The van der Waals surface area contributed by atoms with Gasteiger partial charge in [-0.2, -0.15) is 0 Å². The van der Waals surface area contributed by atoms with E-state index in [0.29, 0.717) is 12.0 Å². The molecule has 2 saturated heterocycles. The molecule has 1 spiro atoms. The Morgan fingerprint density at radius 1 is 1.43 bits per heavy atom. The molecular weight excluding hydrogens is 266 g/mol. The SMILES string of the molecule is CCNC(c1cn(C)cn1)C1CCOC2(CCOCC2)C1. The fourth-order valence-corrected chi connectivity index (χ4v) is 3.77. The number of nitrogens with one attached hydrogen (secondary N) is 1. The van der Waals surface area contributed by atoms with Crippen LogP contribution in [-0.4, -0.2) is 41.5 Å². The lowest BCUT2D eigenvalue weighted by atomic mass is 9.77. The van der Waals surface area contributed by atoms with Crippen molar-refractivity contribution in [3.63, 3.8) is 0 Å². The quantitative estimate of drug-likeness (QED) is 0.923. The number of aromatic nitrogens is 2. The van der Waals surface area contributed by atoms with Gasteiger partial charge in [-0.1, -0.05) is 6.92 Å². The van der Waals surface area contributed by atoms with Crippen LogP contribution in [0.2, 0.25) is 0 Å². The van der Waals surface area contributed by atoms with Crippen LogP contribution in [0.3, 0.4) is 0 Å². The van der Waals surface area contributed by atoms with Gasteiger partial charge in [0.15, 0.2) is 0 Å². The number of rotatable bonds is 4. The van der Waals surface area contributed by atoms with Crippen LogP contribution in [0.4, 0.5) is 0 Å². The summed E-state index contributed by atoms with van der Waals surface area (Å²) in [6, 6.07) is 0.333. The van der Waals surface area contributed by atoms with Crippen molar-refractivity contribution in [3.05, 3.63) is 18.2 Å². The first-order chi connectivity index (χ1) is 10.2. The van der Waals surface area contributed by atoms with Gasteiger partial charge in [0, 0.05) is 33.1 Å². The van der Waals surface area contributed by atoms with Gasteiger partial charge < -0.3 is 19.4 Å². The van der Waals surface area contributed by atoms with Crippen LogP contribution < -0.4 is 5.32 Å². The largest absolute Gasteiger partial charge is 0.381 e. The van der Waals surface area contributed by atoms with Gasteiger partial charge in [-0.15, -0.1) is 0 Å². The third kappa shape index (κ3) is 3.30. The van der Waals surface area contributed by atoms with Crippen LogP contribution >= 0.6 is 0 Å². The lowest BCUT2D eigenvalue weighted by Gasteiger charge is -2.45.